The fourth-order valence-corrected chi connectivity index (χ4v) is 0.859. The van der Waals surface area contributed by atoms with Crippen molar-refractivity contribution in [2.24, 2.45) is 5.73 Å². The number of alkyl halides is 3. The van der Waals surface area contributed by atoms with Gasteiger partial charge in [0.25, 0.3) is 0 Å². The first-order valence-corrected chi connectivity index (χ1v) is 4.46. The van der Waals surface area contributed by atoms with Crippen LogP contribution < -0.4 is 5.73 Å². The van der Waals surface area contributed by atoms with Crippen molar-refractivity contribution >= 4 is 0 Å². The summed E-state index contributed by atoms with van der Waals surface area (Å²) in [5, 5.41) is 8.46. The number of aliphatic hydroxyl groups is 1. The molecule has 0 aromatic heterocycles. The minimum atomic E-state index is -4.11. The van der Waals surface area contributed by atoms with Crippen molar-refractivity contribution in [1.82, 2.24) is 0 Å². The summed E-state index contributed by atoms with van der Waals surface area (Å²) < 4.78 is 39.9. The Balaban J connectivity index is 3.21. The van der Waals surface area contributed by atoms with Gasteiger partial charge in [0.1, 0.15) is 0 Å². The molecule has 0 rings (SSSR count). The van der Waals surface area contributed by atoms with Gasteiger partial charge in [0.15, 0.2) is 0 Å². The van der Waals surface area contributed by atoms with Crippen LogP contribution in [0.2, 0.25) is 0 Å². The minimum absolute atomic E-state index is 0.0346. The van der Waals surface area contributed by atoms with E-state index < -0.39 is 12.6 Å². The van der Waals surface area contributed by atoms with Crippen molar-refractivity contribution in [2.75, 3.05) is 19.8 Å². The average Bonchev–Trinajstić information content (AvgIpc) is 2.02. The summed E-state index contributed by atoms with van der Waals surface area (Å²) in [6.45, 7) is 0.212. The van der Waals surface area contributed by atoms with Crippen LogP contribution in [0, 0.1) is 0 Å². The lowest BCUT2D eigenvalue weighted by Gasteiger charge is -2.11. The SMILES string of the molecule is NC(CCO)COCCCC(F)(F)F. The second kappa shape index (κ2) is 7.03. The average molecular weight is 215 g/mol. The van der Waals surface area contributed by atoms with E-state index in [-0.39, 0.29) is 32.3 Å². The van der Waals surface area contributed by atoms with Crippen LogP contribution in [0.15, 0.2) is 0 Å². The Morgan fingerprint density at radius 3 is 2.50 bits per heavy atom. The van der Waals surface area contributed by atoms with E-state index in [0.29, 0.717) is 6.42 Å². The van der Waals surface area contributed by atoms with Crippen LogP contribution >= 0.6 is 0 Å². The molecule has 1 unspecified atom stereocenters. The molecule has 0 aromatic carbocycles. The zero-order valence-electron chi connectivity index (χ0n) is 7.89. The lowest BCUT2D eigenvalue weighted by molar-refractivity contribution is -0.137. The Morgan fingerprint density at radius 2 is 2.00 bits per heavy atom. The van der Waals surface area contributed by atoms with Crippen LogP contribution in [0.1, 0.15) is 19.3 Å². The molecule has 1 atom stereocenters. The van der Waals surface area contributed by atoms with Gasteiger partial charge >= 0.3 is 6.18 Å². The molecule has 0 aliphatic rings. The van der Waals surface area contributed by atoms with Crippen molar-refractivity contribution in [3.05, 3.63) is 0 Å². The fraction of sp³-hybridized carbons (Fsp3) is 1.00. The van der Waals surface area contributed by atoms with Gasteiger partial charge in [-0.2, -0.15) is 13.2 Å². The Kier molecular flexibility index (Phi) is 6.86. The minimum Gasteiger partial charge on any atom is -0.396 e. The molecule has 0 spiro atoms. The highest BCUT2D eigenvalue weighted by Crippen LogP contribution is 2.20. The maximum absolute atomic E-state index is 11.6. The maximum Gasteiger partial charge on any atom is 0.389 e. The number of halogens is 3. The summed E-state index contributed by atoms with van der Waals surface area (Å²) in [6, 6.07) is -0.300. The van der Waals surface area contributed by atoms with Gasteiger partial charge in [-0.25, -0.2) is 0 Å². The lowest BCUT2D eigenvalue weighted by atomic mass is 10.2. The Labute approximate surface area is 81.0 Å². The van der Waals surface area contributed by atoms with Gasteiger partial charge in [0, 0.05) is 25.7 Å². The van der Waals surface area contributed by atoms with E-state index in [1.165, 1.54) is 0 Å². The highest BCUT2D eigenvalue weighted by molar-refractivity contribution is 4.58. The van der Waals surface area contributed by atoms with E-state index in [1.54, 1.807) is 0 Å². The van der Waals surface area contributed by atoms with Crippen LogP contribution in [0.4, 0.5) is 13.2 Å². The van der Waals surface area contributed by atoms with Crippen LogP contribution in [0.3, 0.4) is 0 Å². The standard InChI is InChI=1S/C8H16F3NO2/c9-8(10,11)3-1-5-14-6-7(12)2-4-13/h7,13H,1-6,12H2. The second-order valence-electron chi connectivity index (χ2n) is 3.07. The molecule has 86 valence electrons. The summed E-state index contributed by atoms with van der Waals surface area (Å²) in [4.78, 5) is 0. The van der Waals surface area contributed by atoms with Crippen LogP contribution in [-0.4, -0.2) is 37.1 Å². The van der Waals surface area contributed by atoms with Gasteiger partial charge in [0.05, 0.1) is 6.61 Å². The topological polar surface area (TPSA) is 55.5 Å². The summed E-state index contributed by atoms with van der Waals surface area (Å²) >= 11 is 0. The quantitative estimate of drug-likeness (QED) is 0.624. The van der Waals surface area contributed by atoms with Gasteiger partial charge in [-0.1, -0.05) is 0 Å². The van der Waals surface area contributed by atoms with E-state index in [9.17, 15) is 13.2 Å². The van der Waals surface area contributed by atoms with E-state index in [4.69, 9.17) is 15.6 Å². The van der Waals surface area contributed by atoms with E-state index in [0.717, 1.165) is 0 Å². The Bertz CT molecular complexity index is 141. The molecule has 0 aromatic rings. The molecule has 0 aliphatic heterocycles. The zero-order chi connectivity index (χ0) is 11.0. The Hall–Kier alpha value is -0.330. The highest BCUT2D eigenvalue weighted by atomic mass is 19.4. The van der Waals surface area contributed by atoms with Gasteiger partial charge in [-0.15, -0.1) is 0 Å². The van der Waals surface area contributed by atoms with Crippen molar-refractivity contribution in [2.45, 2.75) is 31.5 Å². The number of hydrogen-bond acceptors (Lipinski definition) is 3. The van der Waals surface area contributed by atoms with Crippen LogP contribution in [0.5, 0.6) is 0 Å². The largest absolute Gasteiger partial charge is 0.396 e. The number of rotatable bonds is 7. The summed E-state index contributed by atoms with van der Waals surface area (Å²) in [5.41, 5.74) is 5.45. The maximum atomic E-state index is 11.6. The molecular formula is C8H16F3NO2. The van der Waals surface area contributed by atoms with Crippen molar-refractivity contribution in [3.8, 4) is 0 Å². The third kappa shape index (κ3) is 9.76. The van der Waals surface area contributed by atoms with Crippen molar-refractivity contribution < 1.29 is 23.0 Å². The van der Waals surface area contributed by atoms with Gasteiger partial charge in [-0.3, -0.25) is 0 Å². The molecule has 6 heteroatoms. The van der Waals surface area contributed by atoms with E-state index >= 15 is 0 Å². The fourth-order valence-electron chi connectivity index (χ4n) is 0.859. The summed E-state index contributed by atoms with van der Waals surface area (Å²) in [5.74, 6) is 0. The van der Waals surface area contributed by atoms with Crippen LogP contribution in [-0.2, 0) is 4.74 Å². The molecule has 0 amide bonds. The molecule has 0 saturated heterocycles. The molecule has 14 heavy (non-hydrogen) atoms. The molecule has 0 bridgehead atoms. The van der Waals surface area contributed by atoms with Gasteiger partial charge < -0.3 is 15.6 Å². The number of nitrogens with two attached hydrogens (primary N) is 1. The molecule has 0 aliphatic carbocycles. The predicted molar refractivity (Wildman–Crippen MR) is 45.8 cm³/mol. The first-order valence-electron chi connectivity index (χ1n) is 4.46. The summed E-state index contributed by atoms with van der Waals surface area (Å²) in [6.07, 6.45) is -4.59. The molecular weight excluding hydrogens is 199 g/mol. The van der Waals surface area contributed by atoms with Crippen molar-refractivity contribution in [1.29, 1.82) is 0 Å². The van der Waals surface area contributed by atoms with E-state index in [2.05, 4.69) is 0 Å². The first-order chi connectivity index (χ1) is 6.45. The number of ether oxygens (including phenoxy) is 1. The number of hydrogen-bond donors (Lipinski definition) is 2. The van der Waals surface area contributed by atoms with Gasteiger partial charge in [-0.05, 0) is 12.8 Å². The first kappa shape index (κ1) is 13.7. The smallest absolute Gasteiger partial charge is 0.389 e. The third-order valence-electron chi connectivity index (χ3n) is 1.58. The second-order valence-corrected chi connectivity index (χ2v) is 3.07. The monoisotopic (exact) mass is 215 g/mol. The molecule has 0 saturated carbocycles. The number of aliphatic hydroxyl groups excluding tert-OH is 1. The summed E-state index contributed by atoms with van der Waals surface area (Å²) in [7, 11) is 0. The third-order valence-corrected chi connectivity index (χ3v) is 1.58. The Morgan fingerprint density at radius 1 is 1.36 bits per heavy atom. The molecule has 0 fully saturated rings. The van der Waals surface area contributed by atoms with Crippen LogP contribution in [0.25, 0.3) is 0 Å². The van der Waals surface area contributed by atoms with Gasteiger partial charge in [0.2, 0.25) is 0 Å². The zero-order valence-corrected chi connectivity index (χ0v) is 7.89. The van der Waals surface area contributed by atoms with Crippen molar-refractivity contribution in [3.63, 3.8) is 0 Å². The normalized spacial score (nSPS) is 14.4. The van der Waals surface area contributed by atoms with E-state index in [1.807, 2.05) is 0 Å². The molecule has 3 nitrogen and oxygen atoms in total. The lowest BCUT2D eigenvalue weighted by Crippen LogP contribution is -2.27. The molecule has 3 N–H and O–H groups in total. The molecule has 0 radical (unpaired) electrons. The predicted octanol–water partition coefficient (Wildman–Crippen LogP) is 1.06. The highest BCUT2D eigenvalue weighted by Gasteiger charge is 2.25. The molecule has 0 heterocycles.